The van der Waals surface area contributed by atoms with Crippen LogP contribution < -0.4 is 9.62 Å². The molecular formula is C20H28N6O2S. The summed E-state index contributed by atoms with van der Waals surface area (Å²) in [7, 11) is 0.302. The number of aromatic nitrogens is 2. The van der Waals surface area contributed by atoms with E-state index in [-0.39, 0.29) is 5.75 Å². The minimum absolute atomic E-state index is 0.0419. The maximum absolute atomic E-state index is 12.8. The van der Waals surface area contributed by atoms with Crippen LogP contribution in [0.3, 0.4) is 0 Å². The number of fused-ring (bicyclic) bond motifs is 1. The fourth-order valence-corrected chi connectivity index (χ4v) is 5.63. The summed E-state index contributed by atoms with van der Waals surface area (Å²) in [6.45, 7) is 2.61. The van der Waals surface area contributed by atoms with Crippen LogP contribution >= 0.6 is 0 Å². The standard InChI is InChI=1S/C20H28N6O2S/c1-21-20(25-10-7-17(15-25)18-13-23-24(2)14-18)22-9-12-29(27,28)26-11-8-16-5-3-4-6-19(16)26/h3-6,13-14,17H,7-12,15H2,1-2H3,(H,21,22). The van der Waals surface area contributed by atoms with E-state index in [0.29, 0.717) is 19.0 Å². The van der Waals surface area contributed by atoms with Crippen molar-refractivity contribution in [1.82, 2.24) is 20.0 Å². The molecule has 1 aromatic heterocycles. The third-order valence-electron chi connectivity index (χ3n) is 5.72. The van der Waals surface area contributed by atoms with Crippen LogP contribution in [0.1, 0.15) is 23.5 Å². The molecule has 4 rings (SSSR count). The maximum Gasteiger partial charge on any atom is 0.236 e. The molecule has 1 unspecified atom stereocenters. The molecule has 0 radical (unpaired) electrons. The number of hydrogen-bond acceptors (Lipinski definition) is 4. The van der Waals surface area contributed by atoms with Gasteiger partial charge in [0, 0.05) is 52.4 Å². The second-order valence-electron chi connectivity index (χ2n) is 7.62. The van der Waals surface area contributed by atoms with Crippen molar-refractivity contribution >= 4 is 21.7 Å². The highest BCUT2D eigenvalue weighted by Gasteiger charge is 2.30. The van der Waals surface area contributed by atoms with Crippen LogP contribution in [-0.4, -0.2) is 68.0 Å². The Hall–Kier alpha value is -2.55. The van der Waals surface area contributed by atoms with Gasteiger partial charge in [0.15, 0.2) is 5.96 Å². The smallest absolute Gasteiger partial charge is 0.236 e. The van der Waals surface area contributed by atoms with E-state index in [1.807, 2.05) is 42.2 Å². The lowest BCUT2D eigenvalue weighted by atomic mass is 10.0. The van der Waals surface area contributed by atoms with E-state index in [1.165, 1.54) is 5.56 Å². The quantitative estimate of drug-likeness (QED) is 0.585. The molecule has 9 heteroatoms. The number of rotatable bonds is 5. The van der Waals surface area contributed by atoms with Gasteiger partial charge in [-0.05, 0) is 30.0 Å². The van der Waals surface area contributed by atoms with Crippen LogP contribution in [0.5, 0.6) is 0 Å². The lowest BCUT2D eigenvalue weighted by Gasteiger charge is -2.23. The fraction of sp³-hybridized carbons (Fsp3) is 0.500. The normalized spacial score (nSPS) is 19.7. The Labute approximate surface area is 172 Å². The zero-order chi connectivity index (χ0) is 20.4. The van der Waals surface area contributed by atoms with Gasteiger partial charge in [0.25, 0.3) is 0 Å². The molecule has 1 fully saturated rings. The van der Waals surface area contributed by atoms with Crippen molar-refractivity contribution in [3.05, 3.63) is 47.8 Å². The van der Waals surface area contributed by atoms with Crippen LogP contribution in [0.2, 0.25) is 0 Å². The largest absolute Gasteiger partial charge is 0.355 e. The number of nitrogens with one attached hydrogen (secondary N) is 1. The third-order valence-corrected chi connectivity index (χ3v) is 7.49. The molecule has 2 aliphatic rings. The van der Waals surface area contributed by atoms with Gasteiger partial charge >= 0.3 is 0 Å². The molecule has 1 saturated heterocycles. The summed E-state index contributed by atoms with van der Waals surface area (Å²) in [6.07, 6.45) is 5.79. The van der Waals surface area contributed by atoms with Gasteiger partial charge in [0.1, 0.15) is 0 Å². The van der Waals surface area contributed by atoms with Crippen molar-refractivity contribution in [3.8, 4) is 0 Å². The van der Waals surface area contributed by atoms with Crippen LogP contribution in [0.25, 0.3) is 0 Å². The summed E-state index contributed by atoms with van der Waals surface area (Å²) < 4.78 is 29.1. The Morgan fingerprint density at radius 1 is 1.31 bits per heavy atom. The van der Waals surface area contributed by atoms with Gasteiger partial charge in [0.2, 0.25) is 10.0 Å². The highest BCUT2D eigenvalue weighted by Crippen LogP contribution is 2.30. The Kier molecular flexibility index (Phi) is 5.49. The van der Waals surface area contributed by atoms with E-state index in [4.69, 9.17) is 0 Å². The molecule has 0 saturated carbocycles. The first-order valence-electron chi connectivity index (χ1n) is 10.0. The summed E-state index contributed by atoms with van der Waals surface area (Å²) in [5, 5.41) is 7.50. The van der Waals surface area contributed by atoms with Gasteiger partial charge < -0.3 is 10.2 Å². The molecule has 1 N–H and O–H groups in total. The number of anilines is 1. The van der Waals surface area contributed by atoms with Gasteiger partial charge in [-0.25, -0.2) is 8.42 Å². The lowest BCUT2D eigenvalue weighted by Crippen LogP contribution is -2.43. The second kappa shape index (κ2) is 8.06. The Bertz CT molecular complexity index is 1000. The first-order chi connectivity index (χ1) is 14.0. The Balaban J connectivity index is 1.33. The monoisotopic (exact) mass is 416 g/mol. The van der Waals surface area contributed by atoms with Gasteiger partial charge in [-0.1, -0.05) is 18.2 Å². The molecule has 2 aromatic rings. The van der Waals surface area contributed by atoms with Crippen molar-refractivity contribution in [2.45, 2.75) is 18.8 Å². The number of hydrogen-bond donors (Lipinski definition) is 1. The van der Waals surface area contributed by atoms with Crippen LogP contribution in [0, 0.1) is 0 Å². The van der Waals surface area contributed by atoms with Crippen molar-refractivity contribution < 1.29 is 8.42 Å². The van der Waals surface area contributed by atoms with Crippen LogP contribution in [0.4, 0.5) is 5.69 Å². The van der Waals surface area contributed by atoms with Crippen molar-refractivity contribution in [1.29, 1.82) is 0 Å². The second-order valence-corrected chi connectivity index (χ2v) is 9.63. The van der Waals surface area contributed by atoms with Crippen molar-refractivity contribution in [2.24, 2.45) is 12.0 Å². The number of para-hydroxylation sites is 1. The van der Waals surface area contributed by atoms with Crippen LogP contribution in [0.15, 0.2) is 41.7 Å². The lowest BCUT2D eigenvalue weighted by molar-refractivity contribution is 0.488. The number of benzene rings is 1. The number of likely N-dealkylation sites (tertiary alicyclic amines) is 1. The molecule has 3 heterocycles. The molecule has 2 aliphatic heterocycles. The van der Waals surface area contributed by atoms with E-state index >= 15 is 0 Å². The molecule has 156 valence electrons. The SMILES string of the molecule is CN=C(NCCS(=O)(=O)N1CCc2ccccc21)N1CCC(c2cnn(C)c2)C1. The number of aryl methyl sites for hydroxylation is 1. The fourth-order valence-electron chi connectivity index (χ4n) is 4.21. The highest BCUT2D eigenvalue weighted by molar-refractivity contribution is 7.92. The van der Waals surface area contributed by atoms with E-state index in [9.17, 15) is 8.42 Å². The highest BCUT2D eigenvalue weighted by atomic mass is 32.2. The van der Waals surface area contributed by atoms with Crippen LogP contribution in [-0.2, 0) is 23.5 Å². The zero-order valence-corrected chi connectivity index (χ0v) is 17.8. The molecule has 0 bridgehead atoms. The topological polar surface area (TPSA) is 82.8 Å². The number of sulfonamides is 1. The average Bonchev–Trinajstić information content (AvgIpc) is 3.44. The molecule has 1 aromatic carbocycles. The Morgan fingerprint density at radius 3 is 2.90 bits per heavy atom. The predicted molar refractivity (Wildman–Crippen MR) is 115 cm³/mol. The van der Waals surface area contributed by atoms with Gasteiger partial charge in [-0.15, -0.1) is 0 Å². The molecule has 8 nitrogen and oxygen atoms in total. The first-order valence-corrected chi connectivity index (χ1v) is 11.6. The maximum atomic E-state index is 12.8. The number of guanidine groups is 1. The van der Waals surface area contributed by atoms with E-state index < -0.39 is 10.0 Å². The predicted octanol–water partition coefficient (Wildman–Crippen LogP) is 1.18. The molecule has 0 spiro atoms. The van der Waals surface area contributed by atoms with E-state index in [2.05, 4.69) is 26.5 Å². The Morgan fingerprint density at radius 2 is 2.14 bits per heavy atom. The minimum atomic E-state index is -3.37. The molecule has 1 atom stereocenters. The number of aliphatic imine (C=N–C) groups is 1. The molecule has 0 amide bonds. The molecule has 0 aliphatic carbocycles. The summed E-state index contributed by atoms with van der Waals surface area (Å²) in [5.41, 5.74) is 3.15. The minimum Gasteiger partial charge on any atom is -0.355 e. The van der Waals surface area contributed by atoms with Gasteiger partial charge in [0.05, 0.1) is 17.6 Å². The zero-order valence-electron chi connectivity index (χ0n) is 17.0. The van der Waals surface area contributed by atoms with Gasteiger partial charge in [-0.2, -0.15) is 5.10 Å². The summed E-state index contributed by atoms with van der Waals surface area (Å²) in [5.74, 6) is 1.22. The molecule has 29 heavy (non-hydrogen) atoms. The van der Waals surface area contributed by atoms with E-state index in [0.717, 1.165) is 43.1 Å². The summed E-state index contributed by atoms with van der Waals surface area (Å²) in [6, 6.07) is 7.72. The average molecular weight is 417 g/mol. The summed E-state index contributed by atoms with van der Waals surface area (Å²) in [4.78, 5) is 6.55. The van der Waals surface area contributed by atoms with Crippen molar-refractivity contribution in [3.63, 3.8) is 0 Å². The van der Waals surface area contributed by atoms with Gasteiger partial charge in [-0.3, -0.25) is 14.0 Å². The van der Waals surface area contributed by atoms with Crippen molar-refractivity contribution in [2.75, 3.05) is 43.3 Å². The molecular weight excluding hydrogens is 388 g/mol. The third kappa shape index (κ3) is 4.10. The first kappa shape index (κ1) is 19.8. The number of nitrogens with zero attached hydrogens (tertiary/aromatic N) is 5. The summed E-state index contributed by atoms with van der Waals surface area (Å²) >= 11 is 0. The van der Waals surface area contributed by atoms with E-state index in [1.54, 1.807) is 11.4 Å².